The minimum atomic E-state index is -0.313. The van der Waals surface area contributed by atoms with Crippen molar-refractivity contribution in [3.63, 3.8) is 0 Å². The summed E-state index contributed by atoms with van der Waals surface area (Å²) in [6.07, 6.45) is 0.633. The summed E-state index contributed by atoms with van der Waals surface area (Å²) in [5.41, 5.74) is 6.02. The van der Waals surface area contributed by atoms with Gasteiger partial charge in [-0.25, -0.2) is 0 Å². The molecule has 0 fully saturated rings. The van der Waals surface area contributed by atoms with Gasteiger partial charge >= 0.3 is 0 Å². The summed E-state index contributed by atoms with van der Waals surface area (Å²) in [4.78, 5) is 12.3. The van der Waals surface area contributed by atoms with Crippen LogP contribution in [0.5, 0.6) is 0 Å². The van der Waals surface area contributed by atoms with Gasteiger partial charge in [0.1, 0.15) is 0 Å². The summed E-state index contributed by atoms with van der Waals surface area (Å²) in [6, 6.07) is 4.91. The Labute approximate surface area is 140 Å². The number of carbonyl (C=O) groups excluding carboxylic acids is 1. The first kappa shape index (κ1) is 16.4. The molecule has 0 saturated heterocycles. The van der Waals surface area contributed by atoms with Gasteiger partial charge in [-0.3, -0.25) is 4.79 Å². The Morgan fingerprint density at radius 3 is 2.86 bits per heavy atom. The maximum Gasteiger partial charge on any atom is 0.237 e. The zero-order chi connectivity index (χ0) is 15.4. The van der Waals surface area contributed by atoms with E-state index in [2.05, 4.69) is 15.5 Å². The van der Waals surface area contributed by atoms with Gasteiger partial charge in [-0.2, -0.15) is 0 Å². The van der Waals surface area contributed by atoms with Crippen LogP contribution in [0, 0.1) is 0 Å². The third-order valence-electron chi connectivity index (χ3n) is 2.51. The number of nitrogen functional groups attached to an aromatic ring is 1. The number of nitrogens with zero attached hydrogens (tertiary/aromatic N) is 2. The lowest BCUT2D eigenvalue weighted by molar-refractivity contribution is -0.115. The molecular formula is C12H12Cl2N4OS2. The Balaban J connectivity index is 2.07. The number of rotatable bonds is 5. The van der Waals surface area contributed by atoms with E-state index in [1.807, 2.05) is 6.92 Å². The molecule has 2 rings (SSSR count). The summed E-state index contributed by atoms with van der Waals surface area (Å²) in [5, 5.41) is 11.4. The molecule has 112 valence electrons. The van der Waals surface area contributed by atoms with Gasteiger partial charge in [0.25, 0.3) is 0 Å². The summed E-state index contributed by atoms with van der Waals surface area (Å²) in [6.45, 7) is 1.92. The van der Waals surface area contributed by atoms with Crippen LogP contribution in [0.25, 0.3) is 0 Å². The minimum absolute atomic E-state index is 0.166. The predicted octanol–water partition coefficient (Wildman–Crippen LogP) is 3.94. The summed E-state index contributed by atoms with van der Waals surface area (Å²) < 4.78 is 0.659. The van der Waals surface area contributed by atoms with E-state index in [1.165, 1.54) is 23.1 Å². The molecule has 3 N–H and O–H groups in total. The Bertz CT molecular complexity index is 650. The van der Waals surface area contributed by atoms with Crippen LogP contribution in [0.1, 0.15) is 13.3 Å². The lowest BCUT2D eigenvalue weighted by atomic mass is 10.2. The van der Waals surface area contributed by atoms with E-state index in [1.54, 1.807) is 18.2 Å². The average molecular weight is 363 g/mol. The molecule has 21 heavy (non-hydrogen) atoms. The lowest BCUT2D eigenvalue weighted by Gasteiger charge is -2.14. The Hall–Kier alpha value is -1.02. The average Bonchev–Trinajstić information content (AvgIpc) is 2.85. The van der Waals surface area contributed by atoms with Gasteiger partial charge in [0.15, 0.2) is 4.34 Å². The first-order valence-corrected chi connectivity index (χ1v) is 8.46. The van der Waals surface area contributed by atoms with Gasteiger partial charge in [-0.15, -0.1) is 10.2 Å². The number of hydrogen-bond donors (Lipinski definition) is 2. The van der Waals surface area contributed by atoms with E-state index >= 15 is 0 Å². The van der Waals surface area contributed by atoms with Gasteiger partial charge in [0.2, 0.25) is 11.0 Å². The number of aromatic nitrogens is 2. The second kappa shape index (κ2) is 7.31. The van der Waals surface area contributed by atoms with Crippen molar-refractivity contribution in [3.8, 4) is 0 Å². The fraction of sp³-hybridized carbons (Fsp3) is 0.250. The molecule has 1 aromatic heterocycles. The van der Waals surface area contributed by atoms with Crippen molar-refractivity contribution in [2.24, 2.45) is 0 Å². The van der Waals surface area contributed by atoms with Gasteiger partial charge in [-0.05, 0) is 24.6 Å². The fourth-order valence-corrected chi connectivity index (χ4v) is 3.66. The molecule has 0 saturated carbocycles. The zero-order valence-corrected chi connectivity index (χ0v) is 14.1. The van der Waals surface area contributed by atoms with E-state index in [4.69, 9.17) is 28.9 Å². The number of nitrogens with one attached hydrogen (secondary N) is 1. The highest BCUT2D eigenvalue weighted by Crippen LogP contribution is 2.31. The highest BCUT2D eigenvalue weighted by Gasteiger charge is 2.21. The molecule has 1 aromatic carbocycles. The van der Waals surface area contributed by atoms with Crippen molar-refractivity contribution in [2.75, 3.05) is 11.1 Å². The Morgan fingerprint density at radius 1 is 1.48 bits per heavy atom. The van der Waals surface area contributed by atoms with Crippen LogP contribution in [0.15, 0.2) is 22.5 Å². The maximum absolute atomic E-state index is 12.3. The first-order chi connectivity index (χ1) is 9.99. The SMILES string of the molecule is CCC(Sc1nnc(N)s1)C(=O)Nc1cc(Cl)ccc1Cl. The van der Waals surface area contributed by atoms with Gasteiger partial charge < -0.3 is 11.1 Å². The molecule has 1 unspecified atom stereocenters. The molecule has 1 amide bonds. The van der Waals surface area contributed by atoms with Crippen LogP contribution in [0.3, 0.4) is 0 Å². The molecule has 0 aliphatic rings. The van der Waals surface area contributed by atoms with Crippen molar-refractivity contribution >= 4 is 63.0 Å². The molecule has 1 atom stereocenters. The van der Waals surface area contributed by atoms with Crippen molar-refractivity contribution in [1.82, 2.24) is 10.2 Å². The third-order valence-corrected chi connectivity index (χ3v) is 5.28. The monoisotopic (exact) mass is 362 g/mol. The predicted molar refractivity (Wildman–Crippen MR) is 89.3 cm³/mol. The van der Waals surface area contributed by atoms with Crippen LogP contribution >= 0.6 is 46.3 Å². The number of amides is 1. The lowest BCUT2D eigenvalue weighted by Crippen LogP contribution is -2.24. The quantitative estimate of drug-likeness (QED) is 0.787. The van der Waals surface area contributed by atoms with Gasteiger partial charge in [0.05, 0.1) is 16.0 Å². The summed E-state index contributed by atoms with van der Waals surface area (Å²) in [5.74, 6) is -0.166. The first-order valence-electron chi connectivity index (χ1n) is 6.01. The molecule has 0 aliphatic heterocycles. The maximum atomic E-state index is 12.3. The van der Waals surface area contributed by atoms with Crippen molar-refractivity contribution in [2.45, 2.75) is 22.9 Å². The minimum Gasteiger partial charge on any atom is -0.374 e. The van der Waals surface area contributed by atoms with E-state index < -0.39 is 0 Å². The van der Waals surface area contributed by atoms with E-state index in [9.17, 15) is 4.79 Å². The number of anilines is 2. The zero-order valence-electron chi connectivity index (χ0n) is 11.0. The summed E-state index contributed by atoms with van der Waals surface area (Å²) in [7, 11) is 0. The smallest absolute Gasteiger partial charge is 0.237 e. The third kappa shape index (κ3) is 4.47. The van der Waals surface area contributed by atoms with Crippen molar-refractivity contribution in [1.29, 1.82) is 0 Å². The molecule has 0 aliphatic carbocycles. The largest absolute Gasteiger partial charge is 0.374 e. The van der Waals surface area contributed by atoms with Crippen LogP contribution in [0.4, 0.5) is 10.8 Å². The number of benzene rings is 1. The van der Waals surface area contributed by atoms with Crippen LogP contribution in [-0.2, 0) is 4.79 Å². The van der Waals surface area contributed by atoms with E-state index in [-0.39, 0.29) is 11.2 Å². The summed E-state index contributed by atoms with van der Waals surface area (Å²) >= 11 is 14.5. The van der Waals surface area contributed by atoms with Gasteiger partial charge in [-0.1, -0.05) is 53.2 Å². The Kier molecular flexibility index (Phi) is 5.69. The second-order valence-electron chi connectivity index (χ2n) is 4.03. The molecule has 2 aromatic rings. The fourth-order valence-electron chi connectivity index (χ4n) is 1.52. The topological polar surface area (TPSA) is 80.9 Å². The number of hydrogen-bond acceptors (Lipinski definition) is 6. The molecule has 0 radical (unpaired) electrons. The molecule has 9 heteroatoms. The molecule has 5 nitrogen and oxygen atoms in total. The number of halogens is 2. The second-order valence-corrected chi connectivity index (χ2v) is 7.34. The van der Waals surface area contributed by atoms with Crippen LogP contribution in [0.2, 0.25) is 10.0 Å². The number of thioether (sulfide) groups is 1. The van der Waals surface area contributed by atoms with Crippen molar-refractivity contribution in [3.05, 3.63) is 28.2 Å². The number of carbonyl (C=O) groups is 1. The molecule has 1 heterocycles. The normalized spacial score (nSPS) is 12.1. The molecule has 0 bridgehead atoms. The molecular weight excluding hydrogens is 351 g/mol. The van der Waals surface area contributed by atoms with Crippen LogP contribution < -0.4 is 11.1 Å². The highest BCUT2D eigenvalue weighted by molar-refractivity contribution is 8.02. The van der Waals surface area contributed by atoms with Gasteiger partial charge in [0, 0.05) is 5.02 Å². The van der Waals surface area contributed by atoms with E-state index in [0.717, 1.165) is 0 Å². The van der Waals surface area contributed by atoms with Crippen LogP contribution in [-0.4, -0.2) is 21.4 Å². The molecule has 0 spiro atoms. The highest BCUT2D eigenvalue weighted by atomic mass is 35.5. The Morgan fingerprint density at radius 2 is 2.24 bits per heavy atom. The van der Waals surface area contributed by atoms with E-state index in [0.29, 0.717) is 31.6 Å². The van der Waals surface area contributed by atoms with Crippen molar-refractivity contribution < 1.29 is 4.79 Å². The number of nitrogens with two attached hydrogens (primary N) is 1. The standard InChI is InChI=1S/C12H12Cl2N4OS2/c1-2-9(20-12-18-17-11(15)21-12)10(19)16-8-5-6(13)3-4-7(8)14/h3-5,9H,2H2,1H3,(H2,15,17)(H,16,19).